The average Bonchev–Trinajstić information content (AvgIpc) is 2.07. The van der Waals surface area contributed by atoms with Crippen molar-refractivity contribution in [2.24, 2.45) is 5.92 Å². The van der Waals surface area contributed by atoms with E-state index >= 15 is 0 Å². The highest BCUT2D eigenvalue weighted by Crippen LogP contribution is 2.41. The predicted octanol–water partition coefficient (Wildman–Crippen LogP) is 1.66. The molecule has 0 saturated heterocycles. The third-order valence-electron chi connectivity index (χ3n) is 3.48. The van der Waals surface area contributed by atoms with E-state index in [0.717, 1.165) is 32.1 Å². The molecule has 0 aromatic rings. The van der Waals surface area contributed by atoms with Gasteiger partial charge in [0, 0.05) is 6.42 Å². The topological polar surface area (TPSA) is 37.3 Å². The molecule has 2 rings (SSSR count). The van der Waals surface area contributed by atoms with Crippen molar-refractivity contribution in [1.82, 2.24) is 0 Å². The summed E-state index contributed by atoms with van der Waals surface area (Å²) in [5, 5.41) is 10.1. The quantitative estimate of drug-likeness (QED) is 0.597. The maximum Gasteiger partial charge on any atom is 0.164 e. The Balaban J connectivity index is 2.20. The van der Waals surface area contributed by atoms with Crippen molar-refractivity contribution < 1.29 is 9.90 Å². The number of hydrogen-bond acceptors (Lipinski definition) is 2. The van der Waals surface area contributed by atoms with E-state index in [1.165, 1.54) is 6.42 Å². The third kappa shape index (κ3) is 1.09. The second-order valence-corrected chi connectivity index (χ2v) is 4.18. The fourth-order valence-corrected chi connectivity index (χ4v) is 2.70. The summed E-state index contributed by atoms with van der Waals surface area (Å²) in [6.45, 7) is 0. The summed E-state index contributed by atoms with van der Waals surface area (Å²) >= 11 is 0. The molecule has 0 bridgehead atoms. The fourth-order valence-electron chi connectivity index (χ4n) is 2.70. The van der Waals surface area contributed by atoms with Gasteiger partial charge in [-0.15, -0.1) is 0 Å². The molecule has 1 N–H and O–H groups in total. The molecule has 2 fully saturated rings. The van der Waals surface area contributed by atoms with E-state index in [-0.39, 0.29) is 11.7 Å². The van der Waals surface area contributed by atoms with Crippen LogP contribution in [-0.2, 0) is 4.79 Å². The van der Waals surface area contributed by atoms with E-state index in [0.29, 0.717) is 6.42 Å². The highest BCUT2D eigenvalue weighted by molar-refractivity contribution is 5.88. The molecule has 2 aliphatic rings. The van der Waals surface area contributed by atoms with Crippen LogP contribution in [0.1, 0.15) is 44.9 Å². The van der Waals surface area contributed by atoms with Gasteiger partial charge in [-0.2, -0.15) is 0 Å². The summed E-state index contributed by atoms with van der Waals surface area (Å²) in [7, 11) is 0. The van der Waals surface area contributed by atoms with E-state index in [2.05, 4.69) is 0 Å². The summed E-state index contributed by atoms with van der Waals surface area (Å²) in [5.74, 6) is 0.394. The Kier molecular flexibility index (Phi) is 1.95. The molecule has 0 spiro atoms. The van der Waals surface area contributed by atoms with Crippen molar-refractivity contribution in [2.75, 3.05) is 0 Å². The molecule has 2 unspecified atom stereocenters. The van der Waals surface area contributed by atoms with Crippen LogP contribution in [0.5, 0.6) is 0 Å². The summed E-state index contributed by atoms with van der Waals surface area (Å²) in [4.78, 5) is 11.5. The van der Waals surface area contributed by atoms with Gasteiger partial charge >= 0.3 is 0 Å². The van der Waals surface area contributed by atoms with E-state index in [1.807, 2.05) is 0 Å². The lowest BCUT2D eigenvalue weighted by Gasteiger charge is -2.41. The van der Waals surface area contributed by atoms with Crippen LogP contribution in [0.2, 0.25) is 0 Å². The van der Waals surface area contributed by atoms with Crippen LogP contribution in [0.15, 0.2) is 0 Å². The summed E-state index contributed by atoms with van der Waals surface area (Å²) in [5.41, 5.74) is -0.906. The van der Waals surface area contributed by atoms with Gasteiger partial charge in [-0.05, 0) is 31.6 Å². The number of fused-ring (bicyclic) bond motifs is 1. The molecule has 68 valence electrons. The van der Waals surface area contributed by atoms with Crippen molar-refractivity contribution in [1.29, 1.82) is 0 Å². The van der Waals surface area contributed by atoms with Crippen molar-refractivity contribution in [2.45, 2.75) is 50.5 Å². The van der Waals surface area contributed by atoms with Crippen LogP contribution in [0, 0.1) is 5.92 Å². The zero-order valence-electron chi connectivity index (χ0n) is 7.38. The van der Waals surface area contributed by atoms with Gasteiger partial charge in [-0.25, -0.2) is 0 Å². The molecule has 0 aromatic heterocycles. The van der Waals surface area contributed by atoms with E-state index in [9.17, 15) is 9.90 Å². The lowest BCUT2D eigenvalue weighted by molar-refractivity contribution is -0.152. The Labute approximate surface area is 73.0 Å². The Morgan fingerprint density at radius 3 is 2.75 bits per heavy atom. The molecule has 2 aliphatic carbocycles. The molecule has 2 nitrogen and oxygen atoms in total. The SMILES string of the molecule is O=C1CCCC2CCCCC12O. The van der Waals surface area contributed by atoms with Gasteiger partial charge < -0.3 is 5.11 Å². The molecule has 2 atom stereocenters. The zero-order valence-corrected chi connectivity index (χ0v) is 7.38. The van der Waals surface area contributed by atoms with E-state index in [4.69, 9.17) is 0 Å². The molecule has 12 heavy (non-hydrogen) atoms. The molecule has 0 amide bonds. The highest BCUT2D eigenvalue weighted by Gasteiger charge is 2.46. The van der Waals surface area contributed by atoms with Crippen molar-refractivity contribution in [3.05, 3.63) is 0 Å². The van der Waals surface area contributed by atoms with Gasteiger partial charge in [-0.3, -0.25) is 4.79 Å². The minimum atomic E-state index is -0.906. The summed E-state index contributed by atoms with van der Waals surface area (Å²) < 4.78 is 0. The highest BCUT2D eigenvalue weighted by atomic mass is 16.3. The van der Waals surface area contributed by atoms with Crippen LogP contribution in [-0.4, -0.2) is 16.5 Å². The minimum Gasteiger partial charge on any atom is -0.382 e. The lowest BCUT2D eigenvalue weighted by Crippen LogP contribution is -2.50. The number of ketones is 1. The van der Waals surface area contributed by atoms with Gasteiger partial charge in [0.05, 0.1) is 0 Å². The largest absolute Gasteiger partial charge is 0.382 e. The average molecular weight is 168 g/mol. The first kappa shape index (κ1) is 8.24. The molecule has 0 radical (unpaired) electrons. The molecular formula is C10H16O2. The number of hydrogen-bond donors (Lipinski definition) is 1. The Hall–Kier alpha value is -0.370. The monoisotopic (exact) mass is 168 g/mol. The summed E-state index contributed by atoms with van der Waals surface area (Å²) in [6.07, 6.45) is 6.65. The Morgan fingerprint density at radius 1 is 1.25 bits per heavy atom. The summed E-state index contributed by atoms with van der Waals surface area (Å²) in [6, 6.07) is 0. The van der Waals surface area contributed by atoms with Gasteiger partial charge in [0.25, 0.3) is 0 Å². The molecule has 0 heterocycles. The van der Waals surface area contributed by atoms with Crippen molar-refractivity contribution >= 4 is 5.78 Å². The van der Waals surface area contributed by atoms with Gasteiger partial charge in [0.1, 0.15) is 5.60 Å². The number of Topliss-reactive ketones (excluding diaryl/α,β-unsaturated/α-hetero) is 1. The van der Waals surface area contributed by atoms with Crippen LogP contribution in [0.3, 0.4) is 0 Å². The standard InChI is InChI=1S/C10H16O2/c11-9-6-3-5-8-4-1-2-7-10(8,9)12/h8,12H,1-7H2. The predicted molar refractivity (Wildman–Crippen MR) is 45.8 cm³/mol. The fraction of sp³-hybridized carbons (Fsp3) is 0.900. The smallest absolute Gasteiger partial charge is 0.164 e. The first-order valence-corrected chi connectivity index (χ1v) is 4.99. The van der Waals surface area contributed by atoms with Gasteiger partial charge in [-0.1, -0.05) is 12.8 Å². The lowest BCUT2D eigenvalue weighted by atomic mass is 9.67. The first-order chi connectivity index (χ1) is 5.73. The maximum atomic E-state index is 11.5. The van der Waals surface area contributed by atoms with Gasteiger partial charge in [0.15, 0.2) is 5.78 Å². The molecule has 0 aliphatic heterocycles. The van der Waals surface area contributed by atoms with Crippen LogP contribution < -0.4 is 0 Å². The molecular weight excluding hydrogens is 152 g/mol. The number of carbonyl (C=O) groups is 1. The second-order valence-electron chi connectivity index (χ2n) is 4.18. The Morgan fingerprint density at radius 2 is 2.00 bits per heavy atom. The number of rotatable bonds is 0. The second kappa shape index (κ2) is 2.84. The molecule has 2 saturated carbocycles. The first-order valence-electron chi connectivity index (χ1n) is 4.99. The van der Waals surface area contributed by atoms with Gasteiger partial charge in [0.2, 0.25) is 0 Å². The molecule has 0 aromatic carbocycles. The zero-order chi connectivity index (χ0) is 8.60. The van der Waals surface area contributed by atoms with Crippen LogP contribution in [0.4, 0.5) is 0 Å². The van der Waals surface area contributed by atoms with Crippen LogP contribution in [0.25, 0.3) is 0 Å². The normalized spacial score (nSPS) is 42.4. The van der Waals surface area contributed by atoms with Crippen molar-refractivity contribution in [3.63, 3.8) is 0 Å². The number of aliphatic hydroxyl groups is 1. The van der Waals surface area contributed by atoms with E-state index < -0.39 is 5.60 Å². The van der Waals surface area contributed by atoms with Crippen molar-refractivity contribution in [3.8, 4) is 0 Å². The third-order valence-corrected chi connectivity index (χ3v) is 3.48. The Bertz CT molecular complexity index is 198. The van der Waals surface area contributed by atoms with E-state index in [1.54, 1.807) is 0 Å². The maximum absolute atomic E-state index is 11.5. The minimum absolute atomic E-state index is 0.110. The van der Waals surface area contributed by atoms with Crippen LogP contribution >= 0.6 is 0 Å². The number of carbonyl (C=O) groups excluding carboxylic acids is 1. The molecule has 2 heteroatoms.